The monoisotopic (exact) mass is 406 g/mol. The molecule has 1 aliphatic heterocycles. The molecule has 1 amide bonds. The molecule has 0 atom stereocenters. The molecule has 0 spiro atoms. The Labute approximate surface area is 176 Å². The van der Waals surface area contributed by atoms with Crippen LogP contribution in [-0.2, 0) is 24.3 Å². The zero-order chi connectivity index (χ0) is 21.1. The van der Waals surface area contributed by atoms with Crippen molar-refractivity contribution in [2.75, 3.05) is 6.54 Å². The van der Waals surface area contributed by atoms with Crippen LogP contribution in [0.2, 0.25) is 0 Å². The lowest BCUT2D eigenvalue weighted by Gasteiger charge is -2.32. The second-order valence-corrected chi connectivity index (χ2v) is 8.45. The maximum absolute atomic E-state index is 12.6. The molecule has 3 aromatic rings. The van der Waals surface area contributed by atoms with Gasteiger partial charge in [-0.1, -0.05) is 41.6 Å². The topological polar surface area (TPSA) is 64.8 Å². The quantitative estimate of drug-likeness (QED) is 0.595. The minimum absolute atomic E-state index is 0.301. The van der Waals surface area contributed by atoms with Crippen molar-refractivity contribution in [2.45, 2.75) is 45.9 Å². The third-order valence-corrected chi connectivity index (χ3v) is 4.96. The van der Waals surface area contributed by atoms with E-state index in [1.165, 1.54) is 0 Å². The van der Waals surface area contributed by atoms with Crippen LogP contribution in [0.25, 0.3) is 11.1 Å². The van der Waals surface area contributed by atoms with Gasteiger partial charge in [-0.15, -0.1) is 0 Å². The van der Waals surface area contributed by atoms with Crippen molar-refractivity contribution in [2.24, 2.45) is 0 Å². The van der Waals surface area contributed by atoms with Gasteiger partial charge >= 0.3 is 6.09 Å². The zero-order valence-electron chi connectivity index (χ0n) is 17.6. The van der Waals surface area contributed by atoms with E-state index in [-0.39, 0.29) is 6.09 Å². The van der Waals surface area contributed by atoms with Crippen molar-refractivity contribution in [1.29, 1.82) is 0 Å². The summed E-state index contributed by atoms with van der Waals surface area (Å²) in [4.78, 5) is 14.3. The first-order valence-corrected chi connectivity index (χ1v) is 10.1. The van der Waals surface area contributed by atoms with Crippen molar-refractivity contribution in [1.82, 2.24) is 10.1 Å². The van der Waals surface area contributed by atoms with Crippen molar-refractivity contribution in [3.8, 4) is 16.9 Å². The second-order valence-electron chi connectivity index (χ2n) is 8.45. The van der Waals surface area contributed by atoms with E-state index in [1.807, 2.05) is 57.2 Å². The van der Waals surface area contributed by atoms with E-state index in [0.717, 1.165) is 40.0 Å². The van der Waals surface area contributed by atoms with Gasteiger partial charge < -0.3 is 18.9 Å². The number of ether oxygens (including phenoxy) is 2. The van der Waals surface area contributed by atoms with Crippen LogP contribution in [0.1, 0.15) is 37.5 Å². The molecule has 0 radical (unpaired) electrons. The van der Waals surface area contributed by atoms with E-state index in [0.29, 0.717) is 19.7 Å². The number of benzene rings is 2. The van der Waals surface area contributed by atoms with Crippen LogP contribution < -0.4 is 4.74 Å². The molecule has 0 saturated heterocycles. The average Bonchev–Trinajstić information content (AvgIpc) is 3.26. The average molecular weight is 406 g/mol. The number of nitrogens with zero attached hydrogens (tertiary/aromatic N) is 2. The van der Waals surface area contributed by atoms with Crippen LogP contribution in [-0.4, -0.2) is 28.3 Å². The highest BCUT2D eigenvalue weighted by molar-refractivity contribution is 5.71. The van der Waals surface area contributed by atoms with Gasteiger partial charge in [0.1, 0.15) is 24.2 Å². The molecule has 6 nitrogen and oxygen atoms in total. The lowest BCUT2D eigenvalue weighted by Crippen LogP contribution is -2.40. The smallest absolute Gasteiger partial charge is 0.410 e. The van der Waals surface area contributed by atoms with E-state index >= 15 is 0 Å². The lowest BCUT2D eigenvalue weighted by molar-refractivity contribution is 0.0222. The van der Waals surface area contributed by atoms with Crippen molar-refractivity contribution in [3.63, 3.8) is 0 Å². The second kappa shape index (κ2) is 8.22. The first kappa shape index (κ1) is 20.0. The highest BCUT2D eigenvalue weighted by Crippen LogP contribution is 2.35. The molecular formula is C24H26N2O4. The Kier molecular flexibility index (Phi) is 5.48. The molecule has 0 N–H and O–H groups in total. The van der Waals surface area contributed by atoms with Crippen molar-refractivity contribution >= 4 is 6.09 Å². The predicted octanol–water partition coefficient (Wildman–Crippen LogP) is 5.21. The summed E-state index contributed by atoms with van der Waals surface area (Å²) in [6.07, 6.45) is 3.75. The highest BCUT2D eigenvalue weighted by atomic mass is 16.6. The van der Waals surface area contributed by atoms with Gasteiger partial charge in [-0.3, -0.25) is 0 Å². The Balaban J connectivity index is 1.63. The maximum atomic E-state index is 12.6. The molecule has 0 bridgehead atoms. The van der Waals surface area contributed by atoms with Crippen molar-refractivity contribution < 1.29 is 18.8 Å². The molecule has 4 rings (SSSR count). The first-order valence-electron chi connectivity index (χ1n) is 10.1. The summed E-state index contributed by atoms with van der Waals surface area (Å²) in [6.45, 7) is 7.14. The minimum Gasteiger partial charge on any atom is -0.489 e. The summed E-state index contributed by atoms with van der Waals surface area (Å²) in [5.41, 5.74) is 4.63. The number of hydrogen-bond acceptors (Lipinski definition) is 5. The third-order valence-electron chi connectivity index (χ3n) is 4.96. The number of amides is 1. The maximum Gasteiger partial charge on any atom is 0.410 e. The number of aromatic nitrogens is 1. The molecule has 2 aromatic carbocycles. The largest absolute Gasteiger partial charge is 0.489 e. The van der Waals surface area contributed by atoms with E-state index in [1.54, 1.807) is 17.4 Å². The molecule has 0 unspecified atom stereocenters. The first-order chi connectivity index (χ1) is 14.4. The van der Waals surface area contributed by atoms with Crippen molar-refractivity contribution in [3.05, 3.63) is 71.6 Å². The molecule has 6 heteroatoms. The molecule has 30 heavy (non-hydrogen) atoms. The molecule has 0 saturated carbocycles. The molecule has 1 aliphatic rings. The summed E-state index contributed by atoms with van der Waals surface area (Å²) in [6, 6.07) is 14.2. The Bertz CT molecular complexity index is 1010. The molecular weight excluding hydrogens is 380 g/mol. The van der Waals surface area contributed by atoms with Crippen LogP contribution in [0.3, 0.4) is 0 Å². The molecule has 156 valence electrons. The van der Waals surface area contributed by atoms with Gasteiger partial charge in [0, 0.05) is 17.7 Å². The number of rotatable bonds is 4. The third kappa shape index (κ3) is 4.64. The van der Waals surface area contributed by atoms with Gasteiger partial charge in [-0.05, 0) is 49.9 Å². The fourth-order valence-electron chi connectivity index (χ4n) is 3.49. The highest BCUT2D eigenvalue weighted by Gasteiger charge is 2.28. The zero-order valence-corrected chi connectivity index (χ0v) is 17.6. The van der Waals surface area contributed by atoms with Crippen LogP contribution in [0.5, 0.6) is 5.75 Å². The van der Waals surface area contributed by atoms with Gasteiger partial charge in [0.15, 0.2) is 0 Å². The SMILES string of the molecule is CC(C)(C)OC(=O)N1CCc2cc(-c3cnoc3)cc(OCc3ccccc3)c2C1. The van der Waals surface area contributed by atoms with Crippen LogP contribution >= 0.6 is 0 Å². The summed E-state index contributed by atoms with van der Waals surface area (Å²) in [7, 11) is 0. The van der Waals surface area contributed by atoms with E-state index in [2.05, 4.69) is 11.2 Å². The summed E-state index contributed by atoms with van der Waals surface area (Å²) >= 11 is 0. The van der Waals surface area contributed by atoms with E-state index in [4.69, 9.17) is 14.0 Å². The van der Waals surface area contributed by atoms with Crippen LogP contribution in [0.15, 0.2) is 59.4 Å². The van der Waals surface area contributed by atoms with Gasteiger partial charge in [0.05, 0.1) is 12.7 Å². The Morgan fingerprint density at radius 1 is 1.17 bits per heavy atom. The fourth-order valence-corrected chi connectivity index (χ4v) is 3.49. The molecule has 0 aliphatic carbocycles. The standard InChI is InChI=1S/C24H26N2O4/c1-24(2,3)30-23(27)26-10-9-18-11-19(20-13-25-29-16-20)12-22(21(18)14-26)28-15-17-7-5-4-6-8-17/h4-8,11-13,16H,9-10,14-15H2,1-3H3. The Morgan fingerprint density at radius 3 is 2.67 bits per heavy atom. The summed E-state index contributed by atoms with van der Waals surface area (Å²) in [5, 5.41) is 3.82. The number of hydrogen-bond donors (Lipinski definition) is 0. The van der Waals surface area contributed by atoms with Gasteiger partial charge in [0.25, 0.3) is 0 Å². The molecule has 1 aromatic heterocycles. The van der Waals surface area contributed by atoms with Gasteiger partial charge in [-0.2, -0.15) is 0 Å². The molecule has 0 fully saturated rings. The van der Waals surface area contributed by atoms with E-state index < -0.39 is 5.60 Å². The van der Waals surface area contributed by atoms with Gasteiger partial charge in [-0.25, -0.2) is 4.79 Å². The number of fused-ring (bicyclic) bond motifs is 1. The summed E-state index contributed by atoms with van der Waals surface area (Å²) < 4.78 is 16.8. The van der Waals surface area contributed by atoms with E-state index in [9.17, 15) is 4.79 Å². The fraction of sp³-hybridized carbons (Fsp3) is 0.333. The number of carbonyl (C=O) groups is 1. The lowest BCUT2D eigenvalue weighted by atomic mass is 9.94. The summed E-state index contributed by atoms with van der Waals surface area (Å²) in [5.74, 6) is 0.765. The molecule has 2 heterocycles. The predicted molar refractivity (Wildman–Crippen MR) is 113 cm³/mol. The Hall–Kier alpha value is -3.28. The number of carbonyl (C=O) groups excluding carboxylic acids is 1. The Morgan fingerprint density at radius 2 is 1.97 bits per heavy atom. The minimum atomic E-state index is -0.526. The van der Waals surface area contributed by atoms with Crippen LogP contribution in [0, 0.1) is 0 Å². The normalized spacial score (nSPS) is 13.6. The van der Waals surface area contributed by atoms with Gasteiger partial charge in [0.2, 0.25) is 0 Å². The van der Waals surface area contributed by atoms with Crippen LogP contribution in [0.4, 0.5) is 4.79 Å².